The zero-order valence-electron chi connectivity index (χ0n) is 21.4. The molecule has 212 valence electrons. The molecule has 2 fully saturated rings. The van der Waals surface area contributed by atoms with Crippen molar-refractivity contribution in [2.24, 2.45) is 5.73 Å². The van der Waals surface area contributed by atoms with Gasteiger partial charge in [0.15, 0.2) is 0 Å². The number of amides is 1. The van der Waals surface area contributed by atoms with Crippen LogP contribution in [0.2, 0.25) is 0 Å². The van der Waals surface area contributed by atoms with Gasteiger partial charge < -0.3 is 5.73 Å². The van der Waals surface area contributed by atoms with Crippen LogP contribution >= 0.6 is 40.1 Å². The second kappa shape index (κ2) is 12.5. The molecule has 6 rings (SSSR count). The van der Waals surface area contributed by atoms with E-state index in [0.717, 1.165) is 27.4 Å². The third-order valence-corrected chi connectivity index (χ3v) is 33.7. The number of aromatic carboxylic acids is 1. The van der Waals surface area contributed by atoms with Crippen LogP contribution in [-0.2, 0) is 4.79 Å². The molecule has 0 bridgehead atoms. The molecule has 3 heterocycles. The van der Waals surface area contributed by atoms with Crippen LogP contribution in [0.1, 0.15) is 16.8 Å². The Morgan fingerprint density at radius 3 is 2.24 bits per heavy atom. The first-order valence-corrected chi connectivity index (χ1v) is 27.5. The van der Waals surface area contributed by atoms with E-state index in [1.807, 2.05) is 40.1 Å². The molecule has 3 aliphatic heterocycles. The Morgan fingerprint density at radius 2 is 1.59 bits per heavy atom. The first-order chi connectivity index (χ1) is 19.9. The summed E-state index contributed by atoms with van der Waals surface area (Å²) in [5.41, 5.74) is 8.10. The molecule has 0 saturated carbocycles. The van der Waals surface area contributed by atoms with Crippen molar-refractivity contribution in [1.82, 2.24) is 0 Å². The number of rotatable bonds is 7. The van der Waals surface area contributed by atoms with E-state index < -0.39 is 30.6 Å². The molecule has 14 heteroatoms. The van der Waals surface area contributed by atoms with Crippen molar-refractivity contribution in [3.8, 4) is 28.2 Å². The number of hydrogen-bond donors (Lipinski definition) is 4. The Morgan fingerprint density at radius 1 is 0.927 bits per heavy atom. The number of carbonyl (C=O) groups is 2. The van der Waals surface area contributed by atoms with E-state index in [4.69, 9.17) is 10.2 Å². The molecule has 2 saturated heterocycles. The summed E-state index contributed by atoms with van der Waals surface area (Å²) in [4.78, 5) is 38.2. The van der Waals surface area contributed by atoms with E-state index in [1.54, 1.807) is 36.4 Å². The quantitative estimate of drug-likeness (QED) is 0.163. The number of carboxylic acids is 1. The van der Waals surface area contributed by atoms with Crippen LogP contribution in [0.15, 0.2) is 51.7 Å². The average Bonchev–Trinajstić information content (AvgIpc) is 3.67. The monoisotopic (exact) mass is 750 g/mol. The minimum atomic E-state index is -1.83. The molecule has 41 heavy (non-hydrogen) atoms. The van der Waals surface area contributed by atoms with Gasteiger partial charge in [0, 0.05) is 0 Å². The molecule has 2 aromatic carbocycles. The number of nitrogens with one attached hydrogen (secondary N) is 1. The minimum absolute atomic E-state index is 0.0108. The molecule has 8 nitrogen and oxygen atoms in total. The van der Waals surface area contributed by atoms with Crippen LogP contribution in [0.4, 0.5) is 5.69 Å². The SMILES string of the molecule is NCCC(=O)Nc1ccc(-c2c3ccc(=O)c([As]4SCCS4)c-3oc3c([As]4SCCS4)c(O)ccc23)c(C(=O)O)c1. The number of fused-ring (bicyclic) bond motifs is 2. The van der Waals surface area contributed by atoms with Crippen molar-refractivity contribution in [3.05, 3.63) is 58.3 Å². The van der Waals surface area contributed by atoms with E-state index in [9.17, 15) is 24.6 Å². The summed E-state index contributed by atoms with van der Waals surface area (Å²) in [6.07, 6.45) is 0.120. The summed E-state index contributed by atoms with van der Waals surface area (Å²) in [5, 5.41) is 24.8. The van der Waals surface area contributed by atoms with Crippen LogP contribution in [0.5, 0.6) is 5.75 Å². The van der Waals surface area contributed by atoms with E-state index in [0.29, 0.717) is 43.5 Å². The van der Waals surface area contributed by atoms with Gasteiger partial charge >= 0.3 is 254 Å². The van der Waals surface area contributed by atoms with Gasteiger partial charge in [-0.2, -0.15) is 0 Å². The van der Waals surface area contributed by atoms with Crippen LogP contribution in [0, 0.1) is 0 Å². The van der Waals surface area contributed by atoms with Crippen molar-refractivity contribution >= 4 is 102 Å². The number of nitrogens with two attached hydrogens (primary N) is 1. The summed E-state index contributed by atoms with van der Waals surface area (Å²) in [5.74, 6) is 3.19. The van der Waals surface area contributed by atoms with Gasteiger partial charge in [0.1, 0.15) is 0 Å². The van der Waals surface area contributed by atoms with Crippen molar-refractivity contribution in [2.45, 2.75) is 6.42 Å². The number of benzene rings is 3. The fourth-order valence-electron chi connectivity index (χ4n) is 4.79. The molecular formula is C27H24As2N2O6S4. The van der Waals surface area contributed by atoms with Crippen molar-refractivity contribution in [1.29, 1.82) is 0 Å². The topological polar surface area (TPSA) is 143 Å². The molecule has 0 radical (unpaired) electrons. The van der Waals surface area contributed by atoms with E-state index in [1.165, 1.54) is 6.07 Å². The number of carboxylic acid groups (broad SMARTS) is 1. The molecule has 1 aliphatic carbocycles. The number of aromatic hydroxyl groups is 1. The summed E-state index contributed by atoms with van der Waals surface area (Å²) in [6.45, 7) is 0.183. The third kappa shape index (κ3) is 5.69. The van der Waals surface area contributed by atoms with E-state index in [2.05, 4.69) is 5.32 Å². The average molecular weight is 751 g/mol. The van der Waals surface area contributed by atoms with Crippen molar-refractivity contribution < 1.29 is 24.2 Å². The molecule has 0 aromatic heterocycles. The Hall–Kier alpha value is -1.65. The predicted molar refractivity (Wildman–Crippen MR) is 176 cm³/mol. The Labute approximate surface area is 257 Å². The predicted octanol–water partition coefficient (Wildman–Crippen LogP) is 3.61. The first-order valence-electron chi connectivity index (χ1n) is 12.6. The second-order valence-corrected chi connectivity index (χ2v) is 32.3. The zero-order chi connectivity index (χ0) is 28.7. The molecule has 0 unspecified atom stereocenters. The Kier molecular flexibility index (Phi) is 8.99. The van der Waals surface area contributed by atoms with Gasteiger partial charge in [-0.15, -0.1) is 0 Å². The normalized spacial score (nSPS) is 16.1. The zero-order valence-corrected chi connectivity index (χ0v) is 28.4. The van der Waals surface area contributed by atoms with Crippen LogP contribution < -0.4 is 25.2 Å². The Bertz CT molecular complexity index is 1710. The van der Waals surface area contributed by atoms with E-state index >= 15 is 0 Å². The summed E-state index contributed by atoms with van der Waals surface area (Å²) in [6, 6.07) is 11.6. The van der Waals surface area contributed by atoms with Crippen LogP contribution in [0.25, 0.3) is 33.4 Å². The molecular weight excluding hydrogens is 726 g/mol. The number of hydrogen-bond acceptors (Lipinski definition) is 10. The fraction of sp³-hybridized carbons (Fsp3) is 0.222. The van der Waals surface area contributed by atoms with Gasteiger partial charge in [0.2, 0.25) is 0 Å². The molecule has 2 aromatic rings. The summed E-state index contributed by atoms with van der Waals surface area (Å²) < 4.78 is 8.21. The van der Waals surface area contributed by atoms with Gasteiger partial charge in [-0.1, -0.05) is 0 Å². The molecule has 0 atom stereocenters. The number of anilines is 1. The third-order valence-electron chi connectivity index (χ3n) is 6.49. The molecule has 1 amide bonds. The fourth-order valence-corrected chi connectivity index (χ4v) is 34.4. The maximum absolute atomic E-state index is 13.3. The standard InChI is InChI=1S/C27H24As2N2O6S4/c30-8-7-21(34)31-14-1-2-15(18(13-14)27(35)36)22-16-3-5-19(32)23(28-38-9-10-39-28)25(16)37-26-17(22)4-6-20(33)24(26)29-40-11-12-41-29/h1-6,13,32H,7-12,30H2,(H,31,34)(H,35,36). The molecule has 5 N–H and O–H groups in total. The van der Waals surface area contributed by atoms with Crippen LogP contribution in [0.3, 0.4) is 0 Å². The number of carbonyl (C=O) groups excluding carboxylic acids is 1. The van der Waals surface area contributed by atoms with Crippen molar-refractivity contribution in [2.75, 3.05) is 34.9 Å². The Balaban J connectivity index is 1.67. The van der Waals surface area contributed by atoms with Gasteiger partial charge in [0.05, 0.1) is 0 Å². The van der Waals surface area contributed by atoms with Gasteiger partial charge in [-0.25, -0.2) is 0 Å². The maximum atomic E-state index is 13.3. The van der Waals surface area contributed by atoms with Crippen molar-refractivity contribution in [3.63, 3.8) is 0 Å². The number of phenolic OH excluding ortho intramolecular Hbond substituents is 1. The van der Waals surface area contributed by atoms with Crippen LogP contribution in [-0.4, -0.2) is 76.3 Å². The van der Waals surface area contributed by atoms with Gasteiger partial charge in [-0.05, 0) is 0 Å². The first kappa shape index (κ1) is 29.4. The van der Waals surface area contributed by atoms with Gasteiger partial charge in [0.25, 0.3) is 0 Å². The van der Waals surface area contributed by atoms with Gasteiger partial charge in [-0.3, -0.25) is 0 Å². The van der Waals surface area contributed by atoms with E-state index in [-0.39, 0.29) is 35.6 Å². The molecule has 4 aliphatic rings. The second-order valence-electron chi connectivity index (χ2n) is 9.08. The molecule has 0 spiro atoms. The number of phenols is 1. The summed E-state index contributed by atoms with van der Waals surface area (Å²) >= 11 is -3.62. The summed E-state index contributed by atoms with van der Waals surface area (Å²) in [7, 11) is 7.42.